The third-order valence-electron chi connectivity index (χ3n) is 1.68. The average Bonchev–Trinajstić information content (AvgIpc) is 1.94. The minimum atomic E-state index is -3.72. The van der Waals surface area contributed by atoms with Crippen LogP contribution in [0, 0.1) is 5.41 Å². The Hall–Kier alpha value is -0.660. The summed E-state index contributed by atoms with van der Waals surface area (Å²) in [5.41, 5.74) is -0.479. The molecule has 0 fully saturated rings. The predicted molar refractivity (Wildman–Crippen MR) is 59.5 cm³/mol. The van der Waals surface area contributed by atoms with Crippen molar-refractivity contribution < 1.29 is 23.4 Å². The van der Waals surface area contributed by atoms with Crippen LogP contribution in [0.3, 0.4) is 0 Å². The summed E-state index contributed by atoms with van der Waals surface area (Å²) in [4.78, 5) is 10.7. The molecule has 2 atom stereocenters. The number of hydrogen-bond acceptors (Lipinski definition) is 4. The van der Waals surface area contributed by atoms with Gasteiger partial charge in [0.2, 0.25) is 10.0 Å². The summed E-state index contributed by atoms with van der Waals surface area (Å²) in [6.45, 7) is 6.40. The molecule has 3 N–H and O–H groups in total. The van der Waals surface area contributed by atoms with E-state index in [4.69, 9.17) is 10.2 Å². The smallest absolute Gasteiger partial charge is 0.324 e. The van der Waals surface area contributed by atoms with Crippen LogP contribution in [0.1, 0.15) is 27.7 Å². The van der Waals surface area contributed by atoms with E-state index in [0.29, 0.717) is 0 Å². The highest BCUT2D eigenvalue weighted by molar-refractivity contribution is 7.89. The molecule has 96 valence electrons. The highest BCUT2D eigenvalue weighted by atomic mass is 32.2. The lowest BCUT2D eigenvalue weighted by molar-refractivity contribution is -0.141. The lowest BCUT2D eigenvalue weighted by Crippen LogP contribution is -2.49. The Morgan fingerprint density at radius 1 is 1.38 bits per heavy atom. The molecule has 0 saturated carbocycles. The first-order valence-electron chi connectivity index (χ1n) is 4.85. The summed E-state index contributed by atoms with van der Waals surface area (Å²) in [7, 11) is -3.72. The number of carboxylic acids is 1. The van der Waals surface area contributed by atoms with E-state index < -0.39 is 33.6 Å². The zero-order valence-corrected chi connectivity index (χ0v) is 10.7. The van der Waals surface area contributed by atoms with Gasteiger partial charge in [-0.05, 0) is 12.3 Å². The van der Waals surface area contributed by atoms with Crippen molar-refractivity contribution in [1.82, 2.24) is 4.72 Å². The van der Waals surface area contributed by atoms with Gasteiger partial charge in [0.1, 0.15) is 6.04 Å². The van der Waals surface area contributed by atoms with Crippen LogP contribution in [0.25, 0.3) is 0 Å². The maximum atomic E-state index is 11.6. The zero-order chi connectivity index (χ0) is 13.1. The number of nitrogens with one attached hydrogen (secondary N) is 1. The fraction of sp³-hybridized carbons (Fsp3) is 0.889. The molecule has 0 spiro atoms. The largest absolute Gasteiger partial charge is 0.480 e. The van der Waals surface area contributed by atoms with E-state index in [0.717, 1.165) is 0 Å². The Bertz CT molecular complexity index is 341. The molecule has 0 aliphatic heterocycles. The van der Waals surface area contributed by atoms with Gasteiger partial charge in [-0.3, -0.25) is 4.79 Å². The predicted octanol–water partition coefficient (Wildman–Crippen LogP) is -0.214. The number of sulfonamides is 1. The van der Waals surface area contributed by atoms with Gasteiger partial charge in [0.05, 0.1) is 11.9 Å². The number of carboxylic acid groups (broad SMARTS) is 1. The lowest BCUT2D eigenvalue weighted by Gasteiger charge is -2.22. The number of hydrogen-bond donors (Lipinski definition) is 3. The van der Waals surface area contributed by atoms with Crippen molar-refractivity contribution >= 4 is 16.0 Å². The number of carbonyl (C=O) groups is 1. The molecule has 0 aliphatic carbocycles. The van der Waals surface area contributed by atoms with E-state index in [1.54, 1.807) is 20.8 Å². The van der Waals surface area contributed by atoms with Gasteiger partial charge in [0, 0.05) is 0 Å². The van der Waals surface area contributed by atoms with Crippen LogP contribution in [0.4, 0.5) is 0 Å². The third kappa shape index (κ3) is 6.04. The van der Waals surface area contributed by atoms with E-state index in [2.05, 4.69) is 0 Å². The average molecular weight is 253 g/mol. The second-order valence-electron chi connectivity index (χ2n) is 4.99. The molecular weight excluding hydrogens is 234 g/mol. The van der Waals surface area contributed by atoms with Crippen molar-refractivity contribution in [1.29, 1.82) is 0 Å². The molecule has 0 radical (unpaired) electrons. The number of aliphatic hydroxyl groups is 1. The molecule has 0 heterocycles. The Morgan fingerprint density at radius 3 is 2.06 bits per heavy atom. The Morgan fingerprint density at radius 2 is 1.81 bits per heavy atom. The standard InChI is InChI=1S/C9H19NO5S/c1-6(11)7(8(12)13)10-16(14,15)5-9(2,3)4/h6-7,10-11H,5H2,1-4H3,(H,12,13). The summed E-state index contributed by atoms with van der Waals surface area (Å²) in [6, 6.07) is -1.51. The third-order valence-corrected chi connectivity index (χ3v) is 3.54. The number of aliphatic hydroxyl groups excluding tert-OH is 1. The van der Waals surface area contributed by atoms with Crippen LogP contribution in [0.2, 0.25) is 0 Å². The van der Waals surface area contributed by atoms with Crippen molar-refractivity contribution in [3.05, 3.63) is 0 Å². The van der Waals surface area contributed by atoms with Crippen LogP contribution >= 0.6 is 0 Å². The summed E-state index contributed by atoms with van der Waals surface area (Å²) >= 11 is 0. The summed E-state index contributed by atoms with van der Waals surface area (Å²) < 4.78 is 25.1. The molecule has 2 unspecified atom stereocenters. The minimum absolute atomic E-state index is 0.198. The van der Waals surface area contributed by atoms with Crippen LogP contribution in [-0.4, -0.2) is 42.5 Å². The van der Waals surface area contributed by atoms with E-state index in [1.807, 2.05) is 4.72 Å². The topological polar surface area (TPSA) is 104 Å². The van der Waals surface area contributed by atoms with E-state index in [9.17, 15) is 13.2 Å². The molecular formula is C9H19NO5S. The quantitative estimate of drug-likeness (QED) is 0.628. The number of rotatable bonds is 5. The van der Waals surface area contributed by atoms with Crippen molar-refractivity contribution in [2.45, 2.75) is 39.8 Å². The molecule has 0 saturated heterocycles. The van der Waals surface area contributed by atoms with Gasteiger partial charge < -0.3 is 10.2 Å². The SMILES string of the molecule is CC(O)C(NS(=O)(=O)CC(C)(C)C)C(=O)O. The van der Waals surface area contributed by atoms with E-state index >= 15 is 0 Å². The van der Waals surface area contributed by atoms with E-state index in [1.165, 1.54) is 6.92 Å². The van der Waals surface area contributed by atoms with Crippen molar-refractivity contribution in [2.75, 3.05) is 5.75 Å². The van der Waals surface area contributed by atoms with E-state index in [-0.39, 0.29) is 5.75 Å². The highest BCUT2D eigenvalue weighted by Gasteiger charge is 2.30. The van der Waals surface area contributed by atoms with Crippen LogP contribution in [0.15, 0.2) is 0 Å². The second-order valence-corrected chi connectivity index (χ2v) is 6.75. The Balaban J connectivity index is 4.75. The van der Waals surface area contributed by atoms with Crippen LogP contribution < -0.4 is 4.72 Å². The lowest BCUT2D eigenvalue weighted by atomic mass is 10.0. The molecule has 0 aromatic carbocycles. The zero-order valence-electron chi connectivity index (χ0n) is 9.89. The van der Waals surface area contributed by atoms with Gasteiger partial charge in [-0.15, -0.1) is 0 Å². The number of aliphatic carboxylic acids is 1. The molecule has 6 nitrogen and oxygen atoms in total. The monoisotopic (exact) mass is 253 g/mol. The molecule has 0 aromatic heterocycles. The molecule has 0 rings (SSSR count). The molecule has 0 amide bonds. The Kier molecular flexibility index (Phi) is 4.90. The van der Waals surface area contributed by atoms with Gasteiger partial charge in [-0.25, -0.2) is 8.42 Å². The summed E-state index contributed by atoms with van der Waals surface area (Å²) in [6.07, 6.45) is -1.28. The van der Waals surface area contributed by atoms with Crippen molar-refractivity contribution in [3.63, 3.8) is 0 Å². The van der Waals surface area contributed by atoms with Gasteiger partial charge in [-0.1, -0.05) is 20.8 Å². The molecule has 16 heavy (non-hydrogen) atoms. The summed E-state index contributed by atoms with van der Waals surface area (Å²) in [5, 5.41) is 17.9. The molecule has 0 bridgehead atoms. The first kappa shape index (κ1) is 15.3. The summed E-state index contributed by atoms with van der Waals surface area (Å²) in [5.74, 6) is -1.59. The van der Waals surface area contributed by atoms with Gasteiger partial charge >= 0.3 is 5.97 Å². The Labute approximate surface area is 95.7 Å². The van der Waals surface area contributed by atoms with Crippen LogP contribution in [-0.2, 0) is 14.8 Å². The van der Waals surface area contributed by atoms with Gasteiger partial charge in [0.25, 0.3) is 0 Å². The van der Waals surface area contributed by atoms with Gasteiger partial charge in [0.15, 0.2) is 0 Å². The second kappa shape index (κ2) is 5.11. The van der Waals surface area contributed by atoms with Gasteiger partial charge in [-0.2, -0.15) is 4.72 Å². The maximum absolute atomic E-state index is 11.6. The molecule has 7 heteroatoms. The van der Waals surface area contributed by atoms with Crippen molar-refractivity contribution in [2.24, 2.45) is 5.41 Å². The van der Waals surface area contributed by atoms with Crippen LogP contribution in [0.5, 0.6) is 0 Å². The first-order valence-corrected chi connectivity index (χ1v) is 6.51. The highest BCUT2D eigenvalue weighted by Crippen LogP contribution is 2.15. The fourth-order valence-electron chi connectivity index (χ4n) is 1.16. The molecule has 0 aromatic rings. The van der Waals surface area contributed by atoms with Crippen molar-refractivity contribution in [3.8, 4) is 0 Å². The molecule has 0 aliphatic rings. The minimum Gasteiger partial charge on any atom is -0.480 e. The normalized spacial score (nSPS) is 16.8. The first-order chi connectivity index (χ1) is 6.94. The fourth-order valence-corrected chi connectivity index (χ4v) is 3.07. The maximum Gasteiger partial charge on any atom is 0.324 e.